The first-order valence-electron chi connectivity index (χ1n) is 4.98. The van der Waals surface area contributed by atoms with Crippen molar-refractivity contribution in [3.8, 4) is 5.75 Å². The molecule has 0 unspecified atom stereocenters. The van der Waals surface area contributed by atoms with Gasteiger partial charge in [-0.05, 0) is 49.9 Å². The molecule has 0 aliphatic rings. The van der Waals surface area contributed by atoms with Crippen molar-refractivity contribution in [1.82, 2.24) is 0 Å². The SMILES string of the molecule is CC(=O)CCCc1cc(F)c(O)cc1C. The summed E-state index contributed by atoms with van der Waals surface area (Å²) in [6, 6.07) is 2.75. The van der Waals surface area contributed by atoms with Crippen LogP contribution in [0, 0.1) is 12.7 Å². The number of benzene rings is 1. The Morgan fingerprint density at radius 3 is 2.73 bits per heavy atom. The Morgan fingerprint density at radius 1 is 1.47 bits per heavy atom. The van der Waals surface area contributed by atoms with E-state index in [1.54, 1.807) is 6.92 Å². The number of phenols is 1. The van der Waals surface area contributed by atoms with Gasteiger partial charge in [0.05, 0.1) is 0 Å². The number of Topliss-reactive ketones (excluding diaryl/α,β-unsaturated/α-hetero) is 1. The van der Waals surface area contributed by atoms with Gasteiger partial charge in [0.2, 0.25) is 0 Å². The average Bonchev–Trinajstić information content (AvgIpc) is 2.13. The Balaban J connectivity index is 2.69. The van der Waals surface area contributed by atoms with Crippen molar-refractivity contribution in [2.24, 2.45) is 0 Å². The molecule has 0 aliphatic carbocycles. The van der Waals surface area contributed by atoms with Crippen molar-refractivity contribution in [3.05, 3.63) is 29.1 Å². The van der Waals surface area contributed by atoms with Gasteiger partial charge >= 0.3 is 0 Å². The van der Waals surface area contributed by atoms with Gasteiger partial charge in [0.15, 0.2) is 11.6 Å². The van der Waals surface area contributed by atoms with Crippen LogP contribution in [-0.2, 0) is 11.2 Å². The molecule has 0 fully saturated rings. The molecule has 1 N–H and O–H groups in total. The highest BCUT2D eigenvalue weighted by molar-refractivity contribution is 5.75. The zero-order chi connectivity index (χ0) is 11.4. The molecule has 0 spiro atoms. The van der Waals surface area contributed by atoms with Crippen molar-refractivity contribution in [2.45, 2.75) is 33.1 Å². The molecule has 0 atom stereocenters. The van der Waals surface area contributed by atoms with Gasteiger partial charge in [-0.2, -0.15) is 0 Å². The van der Waals surface area contributed by atoms with E-state index in [9.17, 15) is 9.18 Å². The second-order valence-corrected chi connectivity index (χ2v) is 3.79. The molecule has 0 saturated carbocycles. The molecule has 15 heavy (non-hydrogen) atoms. The summed E-state index contributed by atoms with van der Waals surface area (Å²) in [5.74, 6) is -0.770. The van der Waals surface area contributed by atoms with Crippen LogP contribution in [0.5, 0.6) is 5.75 Å². The minimum Gasteiger partial charge on any atom is -0.505 e. The van der Waals surface area contributed by atoms with E-state index in [1.807, 2.05) is 6.92 Å². The van der Waals surface area contributed by atoms with Crippen LogP contribution in [0.3, 0.4) is 0 Å². The molecular formula is C12H15FO2. The van der Waals surface area contributed by atoms with E-state index in [0.717, 1.165) is 17.5 Å². The van der Waals surface area contributed by atoms with E-state index in [4.69, 9.17) is 5.11 Å². The summed E-state index contributed by atoms with van der Waals surface area (Å²) in [6.45, 7) is 3.37. The molecule has 0 saturated heterocycles. The van der Waals surface area contributed by atoms with Crippen LogP contribution in [0.15, 0.2) is 12.1 Å². The molecule has 0 radical (unpaired) electrons. The first kappa shape index (κ1) is 11.7. The lowest BCUT2D eigenvalue weighted by Crippen LogP contribution is -1.95. The fourth-order valence-electron chi connectivity index (χ4n) is 1.50. The molecule has 0 amide bonds. The van der Waals surface area contributed by atoms with Crippen molar-refractivity contribution in [1.29, 1.82) is 0 Å². The van der Waals surface area contributed by atoms with Gasteiger partial charge in [-0.15, -0.1) is 0 Å². The highest BCUT2D eigenvalue weighted by Crippen LogP contribution is 2.21. The largest absolute Gasteiger partial charge is 0.505 e. The normalized spacial score (nSPS) is 10.3. The van der Waals surface area contributed by atoms with Gasteiger partial charge < -0.3 is 9.90 Å². The lowest BCUT2D eigenvalue weighted by molar-refractivity contribution is -0.117. The van der Waals surface area contributed by atoms with Gasteiger partial charge in [-0.1, -0.05) is 0 Å². The molecule has 3 heteroatoms. The Hall–Kier alpha value is -1.38. The van der Waals surface area contributed by atoms with E-state index in [1.165, 1.54) is 12.1 Å². The zero-order valence-corrected chi connectivity index (χ0v) is 9.01. The monoisotopic (exact) mass is 210 g/mol. The van der Waals surface area contributed by atoms with Gasteiger partial charge in [-0.25, -0.2) is 4.39 Å². The number of aromatic hydroxyl groups is 1. The number of halogens is 1. The predicted octanol–water partition coefficient (Wildman–Crippen LogP) is 2.75. The van der Waals surface area contributed by atoms with Crippen molar-refractivity contribution in [2.75, 3.05) is 0 Å². The molecule has 0 bridgehead atoms. The van der Waals surface area contributed by atoms with Crippen LogP contribution < -0.4 is 0 Å². The number of hydrogen-bond acceptors (Lipinski definition) is 2. The predicted molar refractivity (Wildman–Crippen MR) is 56.4 cm³/mol. The first-order chi connectivity index (χ1) is 7.00. The van der Waals surface area contributed by atoms with E-state index >= 15 is 0 Å². The summed E-state index contributed by atoms with van der Waals surface area (Å²) in [5, 5.41) is 9.11. The molecule has 0 aliphatic heterocycles. The minimum absolute atomic E-state index is 0.145. The van der Waals surface area contributed by atoms with Gasteiger partial charge in [0.1, 0.15) is 5.78 Å². The smallest absolute Gasteiger partial charge is 0.165 e. The fourth-order valence-corrected chi connectivity index (χ4v) is 1.50. The maximum absolute atomic E-state index is 13.0. The van der Waals surface area contributed by atoms with Crippen LogP contribution in [0.4, 0.5) is 4.39 Å². The maximum atomic E-state index is 13.0. The molecule has 82 valence electrons. The lowest BCUT2D eigenvalue weighted by atomic mass is 10.0. The highest BCUT2D eigenvalue weighted by Gasteiger charge is 2.06. The molecule has 1 aromatic rings. The number of phenolic OH excluding ortho intramolecular Hbond substituents is 1. The van der Waals surface area contributed by atoms with Crippen LogP contribution in [0.25, 0.3) is 0 Å². The quantitative estimate of drug-likeness (QED) is 0.829. The summed E-state index contributed by atoms with van der Waals surface area (Å²) in [6.07, 6.45) is 1.91. The molecule has 2 nitrogen and oxygen atoms in total. The Morgan fingerprint density at radius 2 is 2.13 bits per heavy atom. The van der Waals surface area contributed by atoms with Crippen LogP contribution in [-0.4, -0.2) is 10.9 Å². The number of hydrogen-bond donors (Lipinski definition) is 1. The first-order valence-corrected chi connectivity index (χ1v) is 4.98. The standard InChI is InChI=1S/C12H15FO2/c1-8-6-12(15)11(13)7-10(8)5-3-4-9(2)14/h6-7,15H,3-5H2,1-2H3. The van der Waals surface area contributed by atoms with Crippen LogP contribution in [0.1, 0.15) is 30.9 Å². The Kier molecular flexibility index (Phi) is 3.83. The Labute approximate surface area is 88.7 Å². The molecule has 0 aromatic heterocycles. The summed E-state index contributed by atoms with van der Waals surface area (Å²) in [5.41, 5.74) is 1.71. The van der Waals surface area contributed by atoms with E-state index in [-0.39, 0.29) is 11.5 Å². The molecular weight excluding hydrogens is 195 g/mol. The van der Waals surface area contributed by atoms with E-state index < -0.39 is 5.82 Å². The van der Waals surface area contributed by atoms with Gasteiger partial charge in [-0.3, -0.25) is 0 Å². The molecule has 1 aromatic carbocycles. The number of ketones is 1. The Bertz CT molecular complexity index is 372. The average molecular weight is 210 g/mol. The number of aryl methyl sites for hydroxylation is 2. The second-order valence-electron chi connectivity index (χ2n) is 3.79. The number of carbonyl (C=O) groups is 1. The zero-order valence-electron chi connectivity index (χ0n) is 9.01. The number of rotatable bonds is 4. The van der Waals surface area contributed by atoms with E-state index in [2.05, 4.69) is 0 Å². The summed E-state index contributed by atoms with van der Waals surface area (Å²) in [4.78, 5) is 10.7. The third-order valence-corrected chi connectivity index (χ3v) is 2.38. The molecule has 0 heterocycles. The van der Waals surface area contributed by atoms with Crippen molar-refractivity contribution >= 4 is 5.78 Å². The maximum Gasteiger partial charge on any atom is 0.165 e. The van der Waals surface area contributed by atoms with Crippen LogP contribution >= 0.6 is 0 Å². The van der Waals surface area contributed by atoms with E-state index in [0.29, 0.717) is 12.8 Å². The topological polar surface area (TPSA) is 37.3 Å². The van der Waals surface area contributed by atoms with Crippen molar-refractivity contribution in [3.63, 3.8) is 0 Å². The third-order valence-electron chi connectivity index (χ3n) is 2.38. The number of carbonyl (C=O) groups excluding carboxylic acids is 1. The summed E-state index contributed by atoms with van der Waals surface area (Å²) in [7, 11) is 0. The van der Waals surface area contributed by atoms with Gasteiger partial charge in [0.25, 0.3) is 0 Å². The molecule has 1 rings (SSSR count). The van der Waals surface area contributed by atoms with Crippen molar-refractivity contribution < 1.29 is 14.3 Å². The fraction of sp³-hybridized carbons (Fsp3) is 0.417. The summed E-state index contributed by atoms with van der Waals surface area (Å²) < 4.78 is 13.0. The third kappa shape index (κ3) is 3.35. The minimum atomic E-state index is -0.599. The lowest BCUT2D eigenvalue weighted by Gasteiger charge is -2.06. The van der Waals surface area contributed by atoms with Gasteiger partial charge in [0, 0.05) is 6.42 Å². The summed E-state index contributed by atoms with van der Waals surface area (Å²) >= 11 is 0. The van der Waals surface area contributed by atoms with Crippen LogP contribution in [0.2, 0.25) is 0 Å². The highest BCUT2D eigenvalue weighted by atomic mass is 19.1. The second kappa shape index (κ2) is 4.91.